The molecule has 1 atom stereocenters. The van der Waals surface area contributed by atoms with Gasteiger partial charge in [0.25, 0.3) is 6.71 Å². The molecule has 5 nitrogen and oxygen atoms in total. The van der Waals surface area contributed by atoms with Crippen molar-refractivity contribution < 1.29 is 4.74 Å². The van der Waals surface area contributed by atoms with Crippen LogP contribution in [-0.4, -0.2) is 31.6 Å². The lowest BCUT2D eigenvalue weighted by atomic mass is 9.40. The van der Waals surface area contributed by atoms with Crippen LogP contribution in [-0.2, 0) is 4.74 Å². The average molecular weight is 286 g/mol. The van der Waals surface area contributed by atoms with Gasteiger partial charge in [-0.05, 0) is 31.8 Å². The molecule has 0 aromatic carbocycles. The zero-order chi connectivity index (χ0) is 15.4. The Balaban J connectivity index is 2.32. The fourth-order valence-electron chi connectivity index (χ4n) is 2.99. The smallest absolute Gasteiger partial charge is 0.268 e. The maximum atomic E-state index is 9.17. The van der Waals surface area contributed by atoms with Crippen LogP contribution in [0.1, 0.15) is 26.7 Å². The Kier molecular flexibility index (Phi) is 5.08. The first kappa shape index (κ1) is 15.6. The molecule has 0 bridgehead atoms. The SMILES string of the molecule is CNN1C(OC)=CC(C2CCCB(C#N)C2)=NC1=C(C)C. The first-order chi connectivity index (χ1) is 10.1. The van der Waals surface area contributed by atoms with Crippen LogP contribution in [0.25, 0.3) is 0 Å². The maximum absolute atomic E-state index is 9.17. The number of nitrogens with zero attached hydrogens (tertiary/aromatic N) is 3. The number of allylic oxidation sites excluding steroid dienone is 2. The molecule has 0 aromatic rings. The van der Waals surface area contributed by atoms with Gasteiger partial charge in [0, 0.05) is 19.1 Å². The van der Waals surface area contributed by atoms with Crippen LogP contribution >= 0.6 is 0 Å². The predicted octanol–water partition coefficient (Wildman–Crippen LogP) is 2.58. The van der Waals surface area contributed by atoms with E-state index < -0.39 is 0 Å². The van der Waals surface area contributed by atoms with E-state index in [0.717, 1.165) is 48.5 Å². The van der Waals surface area contributed by atoms with Crippen molar-refractivity contribution in [1.82, 2.24) is 10.4 Å². The van der Waals surface area contributed by atoms with Gasteiger partial charge >= 0.3 is 0 Å². The van der Waals surface area contributed by atoms with Crippen LogP contribution < -0.4 is 5.43 Å². The van der Waals surface area contributed by atoms with Crippen molar-refractivity contribution in [1.29, 1.82) is 5.26 Å². The summed E-state index contributed by atoms with van der Waals surface area (Å²) in [6, 6.07) is 0. The fraction of sp³-hybridized carbons (Fsp3) is 0.600. The lowest BCUT2D eigenvalue weighted by Gasteiger charge is -2.32. The van der Waals surface area contributed by atoms with Gasteiger partial charge in [-0.25, -0.2) is 20.7 Å². The van der Waals surface area contributed by atoms with Crippen LogP contribution in [0.5, 0.6) is 0 Å². The van der Waals surface area contributed by atoms with Crippen molar-refractivity contribution in [2.75, 3.05) is 14.2 Å². The number of hydrazine groups is 1. The van der Waals surface area contributed by atoms with Gasteiger partial charge in [-0.15, -0.1) is 0 Å². The number of nitrogens with one attached hydrogen (secondary N) is 1. The summed E-state index contributed by atoms with van der Waals surface area (Å²) in [4.78, 5) is 4.82. The monoisotopic (exact) mass is 286 g/mol. The zero-order valence-corrected chi connectivity index (χ0v) is 13.3. The molecule has 2 heterocycles. The summed E-state index contributed by atoms with van der Waals surface area (Å²) in [5, 5.41) is 11.0. The highest BCUT2D eigenvalue weighted by Crippen LogP contribution is 2.31. The highest BCUT2D eigenvalue weighted by Gasteiger charge is 2.31. The zero-order valence-electron chi connectivity index (χ0n) is 13.3. The molecule has 6 heteroatoms. The molecule has 21 heavy (non-hydrogen) atoms. The molecule has 0 aliphatic carbocycles. The van der Waals surface area contributed by atoms with E-state index in [9.17, 15) is 0 Å². The normalized spacial score (nSPS) is 22.4. The molecular formula is C15H23BN4O. The standard InChI is InChI=1S/C15H23BN4O/c1-11(2)15-19-13(8-14(21-4)20(15)18-3)12-6-5-7-16(9-12)10-17/h8,12,18H,5-7,9H2,1-4H3. The third-order valence-electron chi connectivity index (χ3n) is 4.09. The molecule has 2 aliphatic rings. The second-order valence-corrected chi connectivity index (χ2v) is 5.80. The highest BCUT2D eigenvalue weighted by molar-refractivity contribution is 6.67. The number of hydrogen-bond donors (Lipinski definition) is 1. The van der Waals surface area contributed by atoms with Gasteiger partial charge in [0.15, 0.2) is 0 Å². The molecule has 0 saturated carbocycles. The third-order valence-corrected chi connectivity index (χ3v) is 4.09. The number of rotatable bonds is 3. The summed E-state index contributed by atoms with van der Waals surface area (Å²) in [5.74, 6) is 4.39. The van der Waals surface area contributed by atoms with E-state index in [2.05, 4.69) is 11.4 Å². The minimum atomic E-state index is 0.156. The summed E-state index contributed by atoms with van der Waals surface area (Å²) in [6.45, 7) is 4.24. The average Bonchev–Trinajstić information content (AvgIpc) is 2.53. The van der Waals surface area contributed by atoms with E-state index in [4.69, 9.17) is 15.0 Å². The highest BCUT2D eigenvalue weighted by atomic mass is 16.5. The van der Waals surface area contributed by atoms with E-state index in [-0.39, 0.29) is 6.71 Å². The van der Waals surface area contributed by atoms with E-state index in [0.29, 0.717) is 5.92 Å². The van der Waals surface area contributed by atoms with Crippen molar-refractivity contribution in [3.63, 3.8) is 0 Å². The Labute approximate surface area is 127 Å². The van der Waals surface area contributed by atoms with Crippen molar-refractivity contribution in [3.05, 3.63) is 23.4 Å². The van der Waals surface area contributed by atoms with Crippen LogP contribution in [0.15, 0.2) is 28.3 Å². The molecule has 1 saturated heterocycles. The Bertz CT molecular complexity index is 528. The van der Waals surface area contributed by atoms with Crippen molar-refractivity contribution >= 4 is 12.4 Å². The van der Waals surface area contributed by atoms with Crippen molar-refractivity contribution in [2.24, 2.45) is 10.9 Å². The molecule has 112 valence electrons. The molecule has 0 radical (unpaired) electrons. The van der Waals surface area contributed by atoms with E-state index in [1.807, 2.05) is 32.0 Å². The second kappa shape index (κ2) is 6.81. The van der Waals surface area contributed by atoms with Crippen LogP contribution in [0, 0.1) is 17.1 Å². The van der Waals surface area contributed by atoms with Crippen LogP contribution in [0.2, 0.25) is 12.6 Å². The number of hydrogen-bond acceptors (Lipinski definition) is 5. The van der Waals surface area contributed by atoms with E-state index >= 15 is 0 Å². The van der Waals surface area contributed by atoms with Crippen molar-refractivity contribution in [3.8, 4) is 5.97 Å². The molecular weight excluding hydrogens is 263 g/mol. The molecule has 0 aromatic heterocycles. The second-order valence-electron chi connectivity index (χ2n) is 5.80. The van der Waals surface area contributed by atoms with Gasteiger partial charge in [-0.2, -0.15) is 0 Å². The van der Waals surface area contributed by atoms with Crippen LogP contribution in [0.4, 0.5) is 0 Å². The van der Waals surface area contributed by atoms with Crippen molar-refractivity contribution in [2.45, 2.75) is 39.3 Å². The first-order valence-electron chi connectivity index (χ1n) is 7.49. The molecule has 1 fully saturated rings. The predicted molar refractivity (Wildman–Crippen MR) is 85.5 cm³/mol. The summed E-state index contributed by atoms with van der Waals surface area (Å²) in [5.41, 5.74) is 5.26. The minimum Gasteiger partial charge on any atom is -0.481 e. The molecule has 1 unspecified atom stereocenters. The third kappa shape index (κ3) is 3.30. The van der Waals surface area contributed by atoms with Gasteiger partial charge in [0.1, 0.15) is 5.82 Å². The number of nitriles is 1. The number of methoxy groups -OCH3 is 1. The van der Waals surface area contributed by atoms with E-state index in [1.165, 1.54) is 0 Å². The Morgan fingerprint density at radius 1 is 1.57 bits per heavy atom. The first-order valence-corrected chi connectivity index (χ1v) is 7.49. The minimum absolute atomic E-state index is 0.156. The topological polar surface area (TPSA) is 60.6 Å². The Morgan fingerprint density at radius 3 is 2.90 bits per heavy atom. The van der Waals surface area contributed by atoms with Gasteiger partial charge in [0.2, 0.25) is 5.88 Å². The fourth-order valence-corrected chi connectivity index (χ4v) is 2.99. The molecule has 2 aliphatic heterocycles. The van der Waals surface area contributed by atoms with Gasteiger partial charge in [-0.3, -0.25) is 0 Å². The van der Waals surface area contributed by atoms with Gasteiger partial charge in [0.05, 0.1) is 12.8 Å². The maximum Gasteiger partial charge on any atom is 0.268 e. The molecule has 1 N–H and O–H groups in total. The van der Waals surface area contributed by atoms with E-state index in [1.54, 1.807) is 7.11 Å². The quantitative estimate of drug-likeness (QED) is 0.810. The molecule has 0 spiro atoms. The van der Waals surface area contributed by atoms with Gasteiger partial charge in [-0.1, -0.05) is 19.1 Å². The lowest BCUT2D eigenvalue weighted by Crippen LogP contribution is -2.38. The number of ether oxygens (including phenoxy) is 1. The number of aliphatic imine (C=N–C) groups is 1. The summed E-state index contributed by atoms with van der Waals surface area (Å²) in [6.07, 6.45) is 6.10. The Hall–Kier alpha value is -1.74. The van der Waals surface area contributed by atoms with Crippen LogP contribution in [0.3, 0.4) is 0 Å². The largest absolute Gasteiger partial charge is 0.481 e. The summed E-state index contributed by atoms with van der Waals surface area (Å²) >= 11 is 0. The molecule has 2 rings (SSSR count). The lowest BCUT2D eigenvalue weighted by molar-refractivity contribution is 0.145. The summed E-state index contributed by atoms with van der Waals surface area (Å²) in [7, 11) is 3.52. The van der Waals surface area contributed by atoms with Gasteiger partial charge < -0.3 is 4.74 Å². The Morgan fingerprint density at radius 2 is 2.33 bits per heavy atom. The molecule has 0 amide bonds. The summed E-state index contributed by atoms with van der Waals surface area (Å²) < 4.78 is 5.49.